The van der Waals surface area contributed by atoms with Crippen molar-refractivity contribution < 1.29 is 24.2 Å². The minimum Gasteiger partial charge on any atom is -0.465 e. The summed E-state index contributed by atoms with van der Waals surface area (Å²) in [7, 11) is 0. The van der Waals surface area contributed by atoms with E-state index in [1.165, 1.54) is 9.80 Å². The van der Waals surface area contributed by atoms with Gasteiger partial charge in [-0.15, -0.1) is 0 Å². The Morgan fingerprint density at radius 2 is 1.69 bits per heavy atom. The average molecular weight is 489 g/mol. The highest BCUT2D eigenvalue weighted by atomic mass is 16.6. The molecule has 0 aliphatic carbocycles. The van der Waals surface area contributed by atoms with Gasteiger partial charge < -0.3 is 29.1 Å². The summed E-state index contributed by atoms with van der Waals surface area (Å²) in [5, 5.41) is 9.58. The molecule has 0 bridgehead atoms. The zero-order chi connectivity index (χ0) is 25.2. The first kappa shape index (κ1) is 23.5. The number of piperazine rings is 1. The van der Waals surface area contributed by atoms with Gasteiger partial charge in [0.1, 0.15) is 6.61 Å². The van der Waals surface area contributed by atoms with E-state index in [9.17, 15) is 19.5 Å². The Bertz CT molecular complexity index is 1270. The maximum absolute atomic E-state index is 14.1. The highest BCUT2D eigenvalue weighted by molar-refractivity contribution is 6.01. The number of aryl methyl sites for hydroxylation is 1. The van der Waals surface area contributed by atoms with Crippen LogP contribution >= 0.6 is 0 Å². The number of benzene rings is 2. The van der Waals surface area contributed by atoms with Gasteiger partial charge in [-0.2, -0.15) is 0 Å². The minimum absolute atomic E-state index is 0.129. The maximum atomic E-state index is 14.1. The molecule has 0 unspecified atom stereocenters. The van der Waals surface area contributed by atoms with Crippen molar-refractivity contribution in [1.82, 2.24) is 19.3 Å². The lowest BCUT2D eigenvalue weighted by atomic mass is 10.0. The predicted octanol–water partition coefficient (Wildman–Crippen LogP) is 3.71. The fourth-order valence-electron chi connectivity index (χ4n) is 5.05. The third-order valence-corrected chi connectivity index (χ3v) is 6.77. The molecular formula is C27H28N4O5. The number of carbonyl (C=O) groups is 3. The average Bonchev–Trinajstić information content (AvgIpc) is 3.46. The van der Waals surface area contributed by atoms with Gasteiger partial charge in [-0.05, 0) is 30.7 Å². The van der Waals surface area contributed by atoms with Crippen molar-refractivity contribution in [2.75, 3.05) is 39.3 Å². The van der Waals surface area contributed by atoms with Crippen LogP contribution in [0.3, 0.4) is 0 Å². The first-order chi connectivity index (χ1) is 17.4. The van der Waals surface area contributed by atoms with Gasteiger partial charge >= 0.3 is 12.2 Å². The molecule has 3 heterocycles. The van der Waals surface area contributed by atoms with Crippen molar-refractivity contribution in [2.45, 2.75) is 13.0 Å². The highest BCUT2D eigenvalue weighted by Gasteiger charge is 2.37. The van der Waals surface area contributed by atoms with Crippen molar-refractivity contribution in [1.29, 1.82) is 0 Å². The summed E-state index contributed by atoms with van der Waals surface area (Å²) in [4.78, 5) is 42.5. The summed E-state index contributed by atoms with van der Waals surface area (Å²) < 4.78 is 7.13. The van der Waals surface area contributed by atoms with E-state index in [2.05, 4.69) is 4.57 Å². The van der Waals surface area contributed by atoms with E-state index in [1.54, 1.807) is 4.90 Å². The number of amides is 3. The van der Waals surface area contributed by atoms with E-state index < -0.39 is 18.2 Å². The molecule has 1 N–H and O–H groups in total. The monoisotopic (exact) mass is 488 g/mol. The fourth-order valence-corrected chi connectivity index (χ4v) is 5.05. The van der Waals surface area contributed by atoms with Gasteiger partial charge in [0.05, 0.1) is 23.8 Å². The number of para-hydroxylation sites is 1. The molecule has 2 aliphatic heterocycles. The zero-order valence-electron chi connectivity index (χ0n) is 20.0. The third-order valence-electron chi connectivity index (χ3n) is 6.77. The van der Waals surface area contributed by atoms with E-state index in [0.717, 1.165) is 22.6 Å². The Hall–Kier alpha value is -4.27. The van der Waals surface area contributed by atoms with E-state index >= 15 is 0 Å². The largest absolute Gasteiger partial charge is 0.465 e. The molecular weight excluding hydrogens is 460 g/mol. The van der Waals surface area contributed by atoms with Crippen LogP contribution in [0.4, 0.5) is 9.59 Å². The summed E-state index contributed by atoms with van der Waals surface area (Å²) in [6.07, 6.45) is -1.47. The number of rotatable bonds is 5. The van der Waals surface area contributed by atoms with Crippen LogP contribution in [-0.2, 0) is 4.74 Å². The van der Waals surface area contributed by atoms with Crippen LogP contribution in [0, 0.1) is 6.92 Å². The number of nitrogens with zero attached hydrogens (tertiary/aromatic N) is 4. The molecule has 5 rings (SSSR count). The number of carbonyl (C=O) groups excluding carboxylic acids is 2. The SMILES string of the molecule is Cc1cc(C(=O)N2CCN(C(=O)O)C[C@H]2CN2CCOC2=O)c(-c2ccccc2)n1-c1ccccc1. The van der Waals surface area contributed by atoms with E-state index in [1.807, 2.05) is 73.7 Å². The van der Waals surface area contributed by atoms with E-state index in [4.69, 9.17) is 4.74 Å². The zero-order valence-corrected chi connectivity index (χ0v) is 20.0. The van der Waals surface area contributed by atoms with Gasteiger partial charge in [0.15, 0.2) is 0 Å². The number of cyclic esters (lactones) is 1. The molecule has 1 atom stereocenters. The van der Waals surface area contributed by atoms with Gasteiger partial charge in [0.25, 0.3) is 5.91 Å². The van der Waals surface area contributed by atoms with Crippen molar-refractivity contribution in [3.63, 3.8) is 0 Å². The lowest BCUT2D eigenvalue weighted by Gasteiger charge is -2.41. The summed E-state index contributed by atoms with van der Waals surface area (Å²) in [6.45, 7) is 3.47. The smallest absolute Gasteiger partial charge is 0.410 e. The molecule has 2 fully saturated rings. The van der Waals surface area contributed by atoms with Crippen LogP contribution in [0.15, 0.2) is 66.7 Å². The molecule has 2 saturated heterocycles. The molecule has 2 aliphatic rings. The fraction of sp³-hybridized carbons (Fsp3) is 0.296. The van der Waals surface area contributed by atoms with Gasteiger partial charge in [-0.3, -0.25) is 4.79 Å². The summed E-state index contributed by atoms with van der Waals surface area (Å²) in [5.74, 6) is -0.186. The van der Waals surface area contributed by atoms with Gasteiger partial charge in [0, 0.05) is 37.6 Å². The number of aromatic nitrogens is 1. The lowest BCUT2D eigenvalue weighted by molar-refractivity contribution is 0.0394. The molecule has 9 heteroatoms. The Labute approximate surface area is 209 Å². The topological polar surface area (TPSA) is 95.3 Å². The Kier molecular flexibility index (Phi) is 6.37. The normalized spacial score (nSPS) is 17.9. The van der Waals surface area contributed by atoms with Crippen LogP contribution in [-0.4, -0.2) is 87.8 Å². The second-order valence-corrected chi connectivity index (χ2v) is 9.03. The third kappa shape index (κ3) is 4.39. The maximum Gasteiger partial charge on any atom is 0.410 e. The molecule has 0 radical (unpaired) electrons. The van der Waals surface area contributed by atoms with Crippen LogP contribution < -0.4 is 0 Å². The van der Waals surface area contributed by atoms with E-state index in [-0.39, 0.29) is 32.1 Å². The van der Waals surface area contributed by atoms with Gasteiger partial charge in [-0.1, -0.05) is 48.5 Å². The number of hydrogen-bond acceptors (Lipinski definition) is 4. The quantitative estimate of drug-likeness (QED) is 0.591. The molecule has 1 aromatic heterocycles. The second-order valence-electron chi connectivity index (χ2n) is 9.03. The molecule has 3 aromatic rings. The van der Waals surface area contributed by atoms with Crippen LogP contribution in [0.25, 0.3) is 16.9 Å². The van der Waals surface area contributed by atoms with Crippen LogP contribution in [0.1, 0.15) is 16.1 Å². The number of hydrogen-bond donors (Lipinski definition) is 1. The highest BCUT2D eigenvalue weighted by Crippen LogP contribution is 2.32. The van der Waals surface area contributed by atoms with Crippen molar-refractivity contribution in [3.8, 4) is 16.9 Å². The Morgan fingerprint density at radius 1 is 1.00 bits per heavy atom. The Morgan fingerprint density at radius 3 is 2.33 bits per heavy atom. The molecule has 3 amide bonds. The number of ether oxygens (including phenoxy) is 1. The first-order valence-corrected chi connectivity index (χ1v) is 12.0. The van der Waals surface area contributed by atoms with Crippen molar-refractivity contribution >= 4 is 18.1 Å². The molecule has 0 spiro atoms. The van der Waals surface area contributed by atoms with Crippen molar-refractivity contribution in [3.05, 3.63) is 78.0 Å². The first-order valence-electron chi connectivity index (χ1n) is 12.0. The van der Waals surface area contributed by atoms with Crippen LogP contribution in [0.5, 0.6) is 0 Å². The molecule has 186 valence electrons. The van der Waals surface area contributed by atoms with Crippen LogP contribution in [0.2, 0.25) is 0 Å². The second kappa shape index (κ2) is 9.77. The summed E-state index contributed by atoms with van der Waals surface area (Å²) in [6, 6.07) is 21.0. The summed E-state index contributed by atoms with van der Waals surface area (Å²) >= 11 is 0. The van der Waals surface area contributed by atoms with Crippen molar-refractivity contribution in [2.24, 2.45) is 0 Å². The van der Waals surface area contributed by atoms with E-state index in [0.29, 0.717) is 18.7 Å². The lowest BCUT2D eigenvalue weighted by Crippen LogP contribution is -2.59. The minimum atomic E-state index is -1.04. The predicted molar refractivity (Wildman–Crippen MR) is 133 cm³/mol. The van der Waals surface area contributed by atoms with Gasteiger partial charge in [-0.25, -0.2) is 9.59 Å². The van der Waals surface area contributed by atoms with Gasteiger partial charge in [0.2, 0.25) is 0 Å². The standard InChI is InChI=1S/C27H28N4O5/c1-19-16-23(24(20-8-4-2-5-9-20)31(19)21-10-6-3-7-11-21)25(32)30-13-12-28(26(33)34)17-22(30)18-29-14-15-36-27(29)35/h2-11,16,22H,12-15,17-18H2,1H3,(H,33,34)/t22-/m0/s1. The summed E-state index contributed by atoms with van der Waals surface area (Å²) in [5.41, 5.74) is 4.08. The Balaban J connectivity index is 1.56. The molecule has 36 heavy (non-hydrogen) atoms. The molecule has 9 nitrogen and oxygen atoms in total. The molecule has 2 aromatic carbocycles. The number of carboxylic acid groups (broad SMARTS) is 1. The molecule has 0 saturated carbocycles.